The lowest BCUT2D eigenvalue weighted by Gasteiger charge is -2.13. The van der Waals surface area contributed by atoms with Crippen LogP contribution < -0.4 is 0 Å². The predicted molar refractivity (Wildman–Crippen MR) is 193 cm³/mol. The molecule has 4 aromatic heterocycles. The van der Waals surface area contributed by atoms with Crippen LogP contribution in [-0.2, 0) is 0 Å². The normalized spacial score (nSPS) is 12.3. The van der Waals surface area contributed by atoms with Crippen LogP contribution in [0.5, 0.6) is 0 Å². The van der Waals surface area contributed by atoms with Crippen LogP contribution in [0.1, 0.15) is 0 Å². The molecular formula is C42H24N4O. The fraction of sp³-hybridized carbons (Fsp3) is 0. The van der Waals surface area contributed by atoms with Gasteiger partial charge in [-0.2, -0.15) is 0 Å². The number of aromatic nitrogens is 4. The highest BCUT2D eigenvalue weighted by atomic mass is 16.3. The molecule has 0 spiro atoms. The molecule has 0 aliphatic rings. The topological polar surface area (TPSA) is 59.6 Å². The summed E-state index contributed by atoms with van der Waals surface area (Å²) in [5.41, 5.74) is 8.76. The maximum Gasteiger partial charge on any atom is 0.235 e. The first-order valence-corrected chi connectivity index (χ1v) is 15.9. The Bertz CT molecular complexity index is 3070. The molecule has 0 radical (unpaired) electrons. The molecule has 5 nitrogen and oxygen atoms in total. The van der Waals surface area contributed by atoms with Crippen molar-refractivity contribution in [3.8, 4) is 17.2 Å². The van der Waals surface area contributed by atoms with Gasteiger partial charge >= 0.3 is 0 Å². The van der Waals surface area contributed by atoms with Crippen LogP contribution in [-0.4, -0.2) is 19.5 Å². The van der Waals surface area contributed by atoms with Gasteiger partial charge in [-0.25, -0.2) is 9.97 Å². The van der Waals surface area contributed by atoms with Crippen LogP contribution >= 0.6 is 0 Å². The van der Waals surface area contributed by atoms with E-state index >= 15 is 0 Å². The lowest BCUT2D eigenvalue weighted by molar-refractivity contribution is 0.669. The number of nitrogens with one attached hydrogen (secondary N) is 1. The summed E-state index contributed by atoms with van der Waals surface area (Å²) in [6.45, 7) is 0. The quantitative estimate of drug-likeness (QED) is 0.215. The summed E-state index contributed by atoms with van der Waals surface area (Å²) in [5, 5.41) is 10.2. The van der Waals surface area contributed by atoms with Gasteiger partial charge in [0.05, 0.1) is 33.1 Å². The Morgan fingerprint density at radius 2 is 1.17 bits per heavy atom. The van der Waals surface area contributed by atoms with Crippen molar-refractivity contribution >= 4 is 87.2 Å². The zero-order valence-corrected chi connectivity index (χ0v) is 25.0. The summed E-state index contributed by atoms with van der Waals surface area (Å²) in [5.74, 6) is 0.621. The van der Waals surface area contributed by atoms with Gasteiger partial charge in [-0.15, -0.1) is 0 Å². The summed E-state index contributed by atoms with van der Waals surface area (Å²) < 4.78 is 8.61. The Kier molecular flexibility index (Phi) is 4.78. The van der Waals surface area contributed by atoms with Crippen molar-refractivity contribution in [2.24, 2.45) is 0 Å². The molecule has 0 bridgehead atoms. The molecule has 218 valence electrons. The van der Waals surface area contributed by atoms with Gasteiger partial charge in [-0.1, -0.05) is 109 Å². The first-order valence-electron chi connectivity index (χ1n) is 15.9. The van der Waals surface area contributed by atoms with Crippen molar-refractivity contribution < 1.29 is 4.42 Å². The third-order valence-electron chi connectivity index (χ3n) is 9.73. The van der Waals surface area contributed by atoms with Crippen molar-refractivity contribution in [2.75, 3.05) is 0 Å². The van der Waals surface area contributed by atoms with Crippen molar-refractivity contribution in [2.45, 2.75) is 0 Å². The molecule has 0 amide bonds. The summed E-state index contributed by atoms with van der Waals surface area (Å²) in [6, 6.07) is 48.7. The van der Waals surface area contributed by atoms with E-state index in [0.717, 1.165) is 71.6 Å². The van der Waals surface area contributed by atoms with E-state index in [0.29, 0.717) is 5.95 Å². The average molecular weight is 601 g/mol. The molecule has 7 aromatic carbocycles. The van der Waals surface area contributed by atoms with Crippen LogP contribution in [0.3, 0.4) is 0 Å². The maximum absolute atomic E-state index is 6.34. The second kappa shape index (κ2) is 9.05. The molecule has 0 saturated heterocycles. The standard InChI is InChI=1S/C42H24N4O/c1-2-12-24(13-3-1)38-30-22-23-34-37(29-18-8-11-21-33(29)47-34)39(30)45-42(44-38)46-32-20-10-7-17-28(32)36-26-15-5-4-14-25(26)35-27-16-6-9-19-31(27)43-40(35)41(36)46/h1-23,43H. The van der Waals surface area contributed by atoms with E-state index in [4.69, 9.17) is 14.4 Å². The number of furan rings is 1. The van der Waals surface area contributed by atoms with Crippen molar-refractivity contribution in [1.82, 2.24) is 19.5 Å². The fourth-order valence-corrected chi connectivity index (χ4v) is 7.78. The van der Waals surface area contributed by atoms with Gasteiger partial charge in [-0.3, -0.25) is 4.57 Å². The Morgan fingerprint density at radius 1 is 0.489 bits per heavy atom. The third-order valence-corrected chi connectivity index (χ3v) is 9.73. The van der Waals surface area contributed by atoms with Gasteiger partial charge < -0.3 is 9.40 Å². The van der Waals surface area contributed by atoms with Crippen LogP contribution in [0.15, 0.2) is 144 Å². The first-order chi connectivity index (χ1) is 23.3. The Balaban J connectivity index is 1.40. The number of nitrogens with zero attached hydrogens (tertiary/aromatic N) is 3. The second-order valence-corrected chi connectivity index (χ2v) is 12.2. The number of H-pyrrole nitrogens is 1. The molecule has 0 fully saturated rings. The van der Waals surface area contributed by atoms with Gasteiger partial charge in [0.2, 0.25) is 5.95 Å². The van der Waals surface area contributed by atoms with Gasteiger partial charge in [0, 0.05) is 43.4 Å². The van der Waals surface area contributed by atoms with Crippen LogP contribution in [0, 0.1) is 0 Å². The third kappa shape index (κ3) is 3.27. The minimum absolute atomic E-state index is 0.621. The van der Waals surface area contributed by atoms with Crippen molar-refractivity contribution in [3.63, 3.8) is 0 Å². The SMILES string of the molecule is c1ccc(-c2nc(-n3c4ccccc4c4c5ccccc5c5c6ccccc6[nH]c5c43)nc3c2ccc2oc4ccccc4c23)cc1. The minimum Gasteiger partial charge on any atom is -0.456 e. The second-order valence-electron chi connectivity index (χ2n) is 12.2. The Morgan fingerprint density at radius 3 is 2.02 bits per heavy atom. The minimum atomic E-state index is 0.621. The number of benzene rings is 7. The van der Waals surface area contributed by atoms with E-state index in [1.54, 1.807) is 0 Å². The predicted octanol–water partition coefficient (Wildman–Crippen LogP) is 11.1. The van der Waals surface area contributed by atoms with Crippen molar-refractivity contribution in [1.29, 1.82) is 0 Å². The molecule has 5 heteroatoms. The van der Waals surface area contributed by atoms with Crippen LogP contribution in [0.4, 0.5) is 0 Å². The van der Waals surface area contributed by atoms with Crippen molar-refractivity contribution in [3.05, 3.63) is 140 Å². The Hall–Kier alpha value is -6.46. The molecule has 11 rings (SSSR count). The molecule has 0 aliphatic heterocycles. The Labute approximate surface area is 267 Å². The van der Waals surface area contributed by atoms with E-state index in [9.17, 15) is 0 Å². The fourth-order valence-electron chi connectivity index (χ4n) is 7.78. The van der Waals surface area contributed by atoms with Gasteiger partial charge in [-0.05, 0) is 41.1 Å². The number of fused-ring (bicyclic) bond motifs is 15. The zero-order chi connectivity index (χ0) is 30.6. The number of hydrogen-bond donors (Lipinski definition) is 1. The van der Waals surface area contributed by atoms with E-state index in [1.807, 2.05) is 24.3 Å². The first kappa shape index (κ1) is 24.8. The number of rotatable bonds is 2. The molecule has 0 unspecified atom stereocenters. The smallest absolute Gasteiger partial charge is 0.235 e. The highest BCUT2D eigenvalue weighted by molar-refractivity contribution is 6.35. The van der Waals surface area contributed by atoms with E-state index < -0.39 is 0 Å². The summed E-state index contributed by atoms with van der Waals surface area (Å²) in [7, 11) is 0. The lowest BCUT2D eigenvalue weighted by atomic mass is 9.99. The monoisotopic (exact) mass is 600 g/mol. The van der Waals surface area contributed by atoms with Gasteiger partial charge in [0.15, 0.2) is 0 Å². The summed E-state index contributed by atoms with van der Waals surface area (Å²) in [6.07, 6.45) is 0. The van der Waals surface area contributed by atoms with E-state index in [2.05, 4.69) is 125 Å². The van der Waals surface area contributed by atoms with Gasteiger partial charge in [0.1, 0.15) is 11.2 Å². The highest BCUT2D eigenvalue weighted by Crippen LogP contribution is 2.45. The summed E-state index contributed by atoms with van der Waals surface area (Å²) in [4.78, 5) is 14.7. The van der Waals surface area contributed by atoms with Crippen LogP contribution in [0.2, 0.25) is 0 Å². The van der Waals surface area contributed by atoms with Crippen LogP contribution in [0.25, 0.3) is 104 Å². The molecule has 0 saturated carbocycles. The average Bonchev–Trinajstić information content (AvgIpc) is 3.82. The summed E-state index contributed by atoms with van der Waals surface area (Å²) >= 11 is 0. The maximum atomic E-state index is 6.34. The number of para-hydroxylation sites is 3. The molecule has 0 atom stereocenters. The molecular weight excluding hydrogens is 576 g/mol. The lowest BCUT2D eigenvalue weighted by Crippen LogP contribution is -2.04. The number of aromatic amines is 1. The highest BCUT2D eigenvalue weighted by Gasteiger charge is 2.24. The molecule has 11 aromatic rings. The molecule has 47 heavy (non-hydrogen) atoms. The zero-order valence-electron chi connectivity index (χ0n) is 25.0. The number of hydrogen-bond acceptors (Lipinski definition) is 3. The van der Waals surface area contributed by atoms with E-state index in [-0.39, 0.29) is 0 Å². The molecule has 0 aliphatic carbocycles. The molecule has 4 heterocycles. The van der Waals surface area contributed by atoms with Gasteiger partial charge in [0.25, 0.3) is 0 Å². The molecule has 1 N–H and O–H groups in total. The largest absolute Gasteiger partial charge is 0.456 e. The van der Waals surface area contributed by atoms with E-state index in [1.165, 1.54) is 26.9 Å².